The van der Waals surface area contributed by atoms with Crippen LogP contribution in [0.4, 0.5) is 13.6 Å². The lowest BCUT2D eigenvalue weighted by Crippen LogP contribution is -2.58. The molecule has 13 heteroatoms. The minimum atomic E-state index is -3.62. The molecule has 2 aromatic rings. The van der Waals surface area contributed by atoms with Gasteiger partial charge in [0.15, 0.2) is 5.69 Å². The molecule has 1 aliphatic carbocycles. The zero-order chi connectivity index (χ0) is 37.9. The molecule has 2 amide bonds. The quantitative estimate of drug-likeness (QED) is 0.161. The highest BCUT2D eigenvalue weighted by Gasteiger charge is 2.53. The van der Waals surface area contributed by atoms with E-state index < -0.39 is 70.6 Å². The van der Waals surface area contributed by atoms with Crippen LogP contribution in [0.2, 0.25) is 0 Å². The Labute approximate surface area is 299 Å². The van der Waals surface area contributed by atoms with Crippen LogP contribution in [0.15, 0.2) is 43.5 Å². The summed E-state index contributed by atoms with van der Waals surface area (Å²) in [7, 11) is 1.47. The smallest absolute Gasteiger partial charge is 0.408 e. The number of hydrogen-bond acceptors (Lipinski definition) is 9. The average molecular weight is 715 g/mol. The summed E-state index contributed by atoms with van der Waals surface area (Å²) < 4.78 is 53.8. The number of rotatable bonds is 14. The molecule has 2 fully saturated rings. The first-order chi connectivity index (χ1) is 23.8. The van der Waals surface area contributed by atoms with Crippen molar-refractivity contribution in [2.75, 3.05) is 13.7 Å². The first-order valence-corrected chi connectivity index (χ1v) is 17.5. The molecule has 1 aromatic carbocycles. The number of amides is 2. The molecule has 0 radical (unpaired) electrons. The fourth-order valence-corrected chi connectivity index (χ4v) is 6.36. The lowest BCUT2D eigenvalue weighted by Gasteiger charge is -2.36. The molecule has 2 heterocycles. The van der Waals surface area contributed by atoms with Crippen LogP contribution >= 0.6 is 0 Å². The van der Waals surface area contributed by atoms with Gasteiger partial charge in [-0.15, -0.1) is 6.58 Å². The van der Waals surface area contributed by atoms with Crippen molar-refractivity contribution < 1.29 is 42.1 Å². The van der Waals surface area contributed by atoms with E-state index in [2.05, 4.69) is 28.4 Å². The van der Waals surface area contributed by atoms with Gasteiger partial charge in [-0.1, -0.05) is 46.8 Å². The van der Waals surface area contributed by atoms with Crippen molar-refractivity contribution in [1.29, 1.82) is 0 Å². The summed E-state index contributed by atoms with van der Waals surface area (Å²) in [5.74, 6) is -5.34. The Morgan fingerprint density at radius 3 is 2.35 bits per heavy atom. The highest BCUT2D eigenvalue weighted by molar-refractivity contribution is 5.91. The summed E-state index contributed by atoms with van der Waals surface area (Å²) in [4.78, 5) is 51.7. The molecule has 51 heavy (non-hydrogen) atoms. The lowest BCUT2D eigenvalue weighted by molar-refractivity contribution is -0.165. The summed E-state index contributed by atoms with van der Waals surface area (Å²) in [5.41, 5.74) is -2.05. The Balaban J connectivity index is 1.73. The molecule has 2 aliphatic rings. The molecule has 6 atom stereocenters. The minimum absolute atomic E-state index is 0.181. The number of hydrogen-bond donors (Lipinski definition) is 1. The predicted molar refractivity (Wildman–Crippen MR) is 189 cm³/mol. The zero-order valence-electron chi connectivity index (χ0n) is 31.0. The maximum Gasteiger partial charge on any atom is 0.408 e. The molecule has 11 nitrogen and oxygen atoms in total. The summed E-state index contributed by atoms with van der Waals surface area (Å²) >= 11 is 0. The van der Waals surface area contributed by atoms with E-state index in [1.807, 2.05) is 13.0 Å². The number of carbonyl (C=O) groups is 3. The topological polar surface area (TPSA) is 129 Å². The van der Waals surface area contributed by atoms with Crippen LogP contribution in [-0.4, -0.2) is 76.4 Å². The van der Waals surface area contributed by atoms with Crippen molar-refractivity contribution in [2.45, 2.75) is 116 Å². The maximum absolute atomic E-state index is 15.4. The number of benzene rings is 1. The van der Waals surface area contributed by atoms with Crippen molar-refractivity contribution in [2.24, 2.45) is 17.3 Å². The van der Waals surface area contributed by atoms with Gasteiger partial charge in [0.25, 0.3) is 0 Å². The standard InChI is InChI=1S/C38H52F2N4O7/c1-11-14-16-22-19-27(22)50-35(47)43-31(36(4,5)6)33(45)44-21-28(24(15-12-2)29(44)34(46)51-37(7,8)9)49-32-30(38(39,40)13-3)41-25-18-17-23(48-10)20-26(25)42-32/h11,13,17-18,20,22,24,27-29,31H,1,3,12,14-16,19,21H2,2,4-10H3,(H,43,47)/t22-,24-,27-,28+,29+,31-/m1/s1. The summed E-state index contributed by atoms with van der Waals surface area (Å²) in [6.45, 7) is 19.3. The predicted octanol–water partition coefficient (Wildman–Crippen LogP) is 7.13. The summed E-state index contributed by atoms with van der Waals surface area (Å²) in [5, 5.41) is 2.76. The molecule has 1 saturated heterocycles. The van der Waals surface area contributed by atoms with E-state index in [1.54, 1.807) is 53.7 Å². The molecule has 0 spiro atoms. The molecule has 280 valence electrons. The minimum Gasteiger partial charge on any atom is -0.497 e. The number of nitrogens with zero attached hydrogens (tertiary/aromatic N) is 3. The monoisotopic (exact) mass is 714 g/mol. The van der Waals surface area contributed by atoms with Gasteiger partial charge in [-0.25, -0.2) is 19.6 Å². The van der Waals surface area contributed by atoms with Crippen LogP contribution in [0.25, 0.3) is 11.0 Å². The normalized spacial score (nSPS) is 22.5. The number of likely N-dealkylation sites (tertiary alicyclic amines) is 1. The second-order valence-electron chi connectivity index (χ2n) is 15.4. The SMILES string of the molecule is C=CCC[C@@H]1C[C@H]1OC(=O)N[C@H](C(=O)N1C[C@H](Oc2nc3cc(OC)ccc3nc2C(F)(F)C=C)[C@@H](CCC)[C@H]1C(=O)OC(C)(C)C)C(C)(C)C. The van der Waals surface area contributed by atoms with Crippen LogP contribution in [0.5, 0.6) is 11.6 Å². The van der Waals surface area contributed by atoms with E-state index in [9.17, 15) is 14.4 Å². The van der Waals surface area contributed by atoms with E-state index in [0.29, 0.717) is 24.7 Å². The second kappa shape index (κ2) is 15.5. The number of fused-ring (bicyclic) bond motifs is 1. The van der Waals surface area contributed by atoms with Gasteiger partial charge >= 0.3 is 18.0 Å². The zero-order valence-corrected chi connectivity index (χ0v) is 31.0. The van der Waals surface area contributed by atoms with Crippen LogP contribution in [0, 0.1) is 17.3 Å². The van der Waals surface area contributed by atoms with Gasteiger partial charge in [0, 0.05) is 12.0 Å². The van der Waals surface area contributed by atoms with Crippen molar-refractivity contribution >= 4 is 29.0 Å². The van der Waals surface area contributed by atoms with E-state index in [-0.39, 0.29) is 29.6 Å². The van der Waals surface area contributed by atoms with Gasteiger partial charge in [0.1, 0.15) is 35.6 Å². The number of alkyl halides is 2. The van der Waals surface area contributed by atoms with Crippen LogP contribution in [0.1, 0.15) is 86.3 Å². The molecule has 1 aromatic heterocycles. The fraction of sp³-hybridized carbons (Fsp3) is 0.605. The average Bonchev–Trinajstić information content (AvgIpc) is 3.69. The largest absolute Gasteiger partial charge is 0.497 e. The number of halogens is 2. The third-order valence-electron chi connectivity index (χ3n) is 9.06. The van der Waals surface area contributed by atoms with Gasteiger partial charge in [0.05, 0.1) is 24.7 Å². The highest BCUT2D eigenvalue weighted by atomic mass is 19.3. The van der Waals surface area contributed by atoms with Crippen LogP contribution in [-0.2, 0) is 25.0 Å². The second-order valence-corrected chi connectivity index (χ2v) is 15.4. The number of ether oxygens (including phenoxy) is 4. The maximum atomic E-state index is 15.4. The number of aromatic nitrogens is 2. The number of esters is 1. The van der Waals surface area contributed by atoms with Crippen molar-refractivity contribution in [3.63, 3.8) is 0 Å². The molecule has 0 unspecified atom stereocenters. The first-order valence-electron chi connectivity index (χ1n) is 17.5. The molecule has 1 saturated carbocycles. The lowest BCUT2D eigenvalue weighted by atomic mass is 9.85. The Morgan fingerprint density at radius 1 is 1.06 bits per heavy atom. The number of allylic oxidation sites excluding steroid dienone is 2. The van der Waals surface area contributed by atoms with Gasteiger partial charge in [-0.2, -0.15) is 8.78 Å². The van der Waals surface area contributed by atoms with E-state index in [1.165, 1.54) is 18.1 Å². The van der Waals surface area contributed by atoms with Crippen LogP contribution in [0.3, 0.4) is 0 Å². The van der Waals surface area contributed by atoms with Gasteiger partial charge in [-0.05, 0) is 76.0 Å². The Hall–Kier alpha value is -4.29. The van der Waals surface area contributed by atoms with Crippen molar-refractivity contribution in [3.8, 4) is 11.6 Å². The number of nitrogens with one attached hydrogen (secondary N) is 1. The highest BCUT2D eigenvalue weighted by Crippen LogP contribution is 2.41. The first kappa shape index (κ1) is 39.5. The third kappa shape index (κ3) is 9.53. The summed E-state index contributed by atoms with van der Waals surface area (Å²) in [6, 6.07) is 2.36. The number of alkyl carbamates (subject to hydrolysis) is 1. The van der Waals surface area contributed by atoms with E-state index in [0.717, 1.165) is 19.3 Å². The van der Waals surface area contributed by atoms with Gasteiger partial charge in [-0.3, -0.25) is 4.79 Å². The van der Waals surface area contributed by atoms with Crippen molar-refractivity contribution in [1.82, 2.24) is 20.2 Å². The van der Waals surface area contributed by atoms with Gasteiger partial charge < -0.3 is 29.2 Å². The fourth-order valence-electron chi connectivity index (χ4n) is 6.36. The molecule has 1 aliphatic heterocycles. The van der Waals surface area contributed by atoms with Gasteiger partial charge in [0.2, 0.25) is 11.8 Å². The summed E-state index contributed by atoms with van der Waals surface area (Å²) in [6.07, 6.45) is 3.66. The third-order valence-corrected chi connectivity index (χ3v) is 9.06. The number of methoxy groups -OCH3 is 1. The Morgan fingerprint density at radius 2 is 1.76 bits per heavy atom. The molecular formula is C38H52F2N4O7. The molecule has 1 N–H and O–H groups in total. The molecule has 0 bridgehead atoms. The van der Waals surface area contributed by atoms with E-state index in [4.69, 9.17) is 18.9 Å². The number of carbonyl (C=O) groups excluding carboxylic acids is 3. The Bertz CT molecular complexity index is 1620. The Kier molecular flexibility index (Phi) is 12.0. The van der Waals surface area contributed by atoms with Crippen molar-refractivity contribution in [3.05, 3.63) is 49.2 Å². The molecule has 4 rings (SSSR count). The van der Waals surface area contributed by atoms with E-state index >= 15 is 8.78 Å². The molecular weight excluding hydrogens is 662 g/mol. The van der Waals surface area contributed by atoms with Crippen LogP contribution < -0.4 is 14.8 Å².